The summed E-state index contributed by atoms with van der Waals surface area (Å²) in [5, 5.41) is 3.48. The summed E-state index contributed by atoms with van der Waals surface area (Å²) in [6, 6.07) is 9.49. The molecule has 0 radical (unpaired) electrons. The second-order valence-corrected chi connectivity index (χ2v) is 5.91. The van der Waals surface area contributed by atoms with Crippen molar-refractivity contribution in [2.75, 3.05) is 5.32 Å². The van der Waals surface area contributed by atoms with E-state index in [1.165, 1.54) is 4.88 Å². The van der Waals surface area contributed by atoms with Crippen LogP contribution in [0.2, 0.25) is 5.02 Å². The number of rotatable bonds is 1. The van der Waals surface area contributed by atoms with E-state index < -0.39 is 0 Å². The van der Waals surface area contributed by atoms with Gasteiger partial charge in [-0.2, -0.15) is 0 Å². The number of hydrogen-bond donors (Lipinski definition) is 1. The Morgan fingerprint density at radius 3 is 2.83 bits per heavy atom. The molecule has 0 spiro atoms. The number of thiophene rings is 1. The summed E-state index contributed by atoms with van der Waals surface area (Å²) in [7, 11) is 0. The van der Waals surface area contributed by atoms with Crippen LogP contribution in [0.15, 0.2) is 30.3 Å². The first-order valence-electron chi connectivity index (χ1n) is 5.53. The largest absolute Gasteiger partial charge is 0.321 e. The molecule has 1 amide bonds. The highest BCUT2D eigenvalue weighted by Gasteiger charge is 2.24. The monoisotopic (exact) mass is 275 g/mol. The lowest BCUT2D eigenvalue weighted by Crippen LogP contribution is -2.03. The Bertz CT molecular complexity index is 672. The first kappa shape index (κ1) is 11.5. The highest BCUT2D eigenvalue weighted by molar-refractivity contribution is 7.12. The van der Waals surface area contributed by atoms with Gasteiger partial charge >= 0.3 is 0 Å². The van der Waals surface area contributed by atoms with Crippen LogP contribution >= 0.6 is 22.9 Å². The molecule has 2 heterocycles. The molecule has 1 aromatic carbocycles. The zero-order valence-corrected chi connectivity index (χ0v) is 11.2. The molecule has 3 rings (SSSR count). The van der Waals surface area contributed by atoms with E-state index in [2.05, 4.69) is 5.32 Å². The van der Waals surface area contributed by atoms with Gasteiger partial charge in [0.25, 0.3) is 5.91 Å². The second-order valence-electron chi connectivity index (χ2n) is 4.15. The lowest BCUT2D eigenvalue weighted by atomic mass is 10.1. The lowest BCUT2D eigenvalue weighted by Gasteiger charge is -1.98. The summed E-state index contributed by atoms with van der Waals surface area (Å²) in [4.78, 5) is 14.2. The van der Waals surface area contributed by atoms with Crippen LogP contribution in [0.1, 0.15) is 15.3 Å². The second kappa shape index (κ2) is 4.26. The third-order valence-corrected chi connectivity index (χ3v) is 4.00. The van der Waals surface area contributed by atoms with Crippen LogP contribution in [0.25, 0.3) is 11.6 Å². The molecule has 0 fully saturated rings. The van der Waals surface area contributed by atoms with E-state index in [0.717, 1.165) is 16.1 Å². The summed E-state index contributed by atoms with van der Waals surface area (Å²) >= 11 is 7.65. The van der Waals surface area contributed by atoms with Crippen LogP contribution in [0.5, 0.6) is 0 Å². The van der Waals surface area contributed by atoms with Crippen molar-refractivity contribution in [2.24, 2.45) is 0 Å². The zero-order chi connectivity index (χ0) is 12.7. The van der Waals surface area contributed by atoms with Gasteiger partial charge in [0.05, 0.1) is 5.57 Å². The van der Waals surface area contributed by atoms with Crippen molar-refractivity contribution in [3.63, 3.8) is 0 Å². The van der Waals surface area contributed by atoms with Gasteiger partial charge in [-0.15, -0.1) is 11.3 Å². The van der Waals surface area contributed by atoms with Crippen molar-refractivity contribution in [2.45, 2.75) is 6.92 Å². The molecule has 0 aliphatic carbocycles. The van der Waals surface area contributed by atoms with Crippen LogP contribution < -0.4 is 5.32 Å². The molecule has 2 aromatic rings. The average molecular weight is 276 g/mol. The van der Waals surface area contributed by atoms with Crippen molar-refractivity contribution in [3.05, 3.63) is 50.7 Å². The number of nitrogens with one attached hydrogen (secondary N) is 1. The van der Waals surface area contributed by atoms with Crippen molar-refractivity contribution in [3.8, 4) is 0 Å². The number of benzene rings is 1. The fourth-order valence-electron chi connectivity index (χ4n) is 1.98. The molecule has 0 saturated carbocycles. The van der Waals surface area contributed by atoms with Gasteiger partial charge in [-0.05, 0) is 43.3 Å². The summed E-state index contributed by atoms with van der Waals surface area (Å²) in [5.74, 6) is -0.0710. The molecule has 2 nitrogen and oxygen atoms in total. The van der Waals surface area contributed by atoms with Crippen molar-refractivity contribution in [1.29, 1.82) is 0 Å². The standard InChI is InChI=1S/C14H10ClNOS/c1-8-2-4-10(18-8)7-12-11-6-9(15)3-5-13(11)16-14(12)17/h2-7H,1H3,(H,16,17). The topological polar surface area (TPSA) is 29.1 Å². The average Bonchev–Trinajstić information content (AvgIpc) is 2.86. The molecule has 1 N–H and O–H groups in total. The number of fused-ring (bicyclic) bond motifs is 1. The van der Waals surface area contributed by atoms with E-state index in [1.807, 2.05) is 37.3 Å². The molecule has 4 heteroatoms. The summed E-state index contributed by atoms with van der Waals surface area (Å²) < 4.78 is 0. The Kier molecular flexibility index (Phi) is 2.73. The fourth-order valence-corrected chi connectivity index (χ4v) is 2.97. The van der Waals surface area contributed by atoms with Gasteiger partial charge in [0, 0.05) is 26.0 Å². The summed E-state index contributed by atoms with van der Waals surface area (Å²) in [6.07, 6.45) is 1.91. The first-order valence-corrected chi connectivity index (χ1v) is 6.72. The predicted molar refractivity (Wildman–Crippen MR) is 77.0 cm³/mol. The van der Waals surface area contributed by atoms with Crippen LogP contribution in [-0.4, -0.2) is 5.91 Å². The Balaban J connectivity index is 2.11. The predicted octanol–water partition coefficient (Wildman–Crippen LogP) is 4.20. The molecule has 0 atom stereocenters. The van der Waals surface area contributed by atoms with Gasteiger partial charge in [-0.1, -0.05) is 11.6 Å². The molecular formula is C14H10ClNOS. The van der Waals surface area contributed by atoms with Crippen LogP contribution in [0, 0.1) is 6.92 Å². The van der Waals surface area contributed by atoms with E-state index in [1.54, 1.807) is 17.4 Å². The molecule has 18 heavy (non-hydrogen) atoms. The van der Waals surface area contributed by atoms with E-state index in [9.17, 15) is 4.79 Å². The van der Waals surface area contributed by atoms with Crippen LogP contribution in [-0.2, 0) is 4.79 Å². The van der Waals surface area contributed by atoms with Gasteiger partial charge in [0.15, 0.2) is 0 Å². The Morgan fingerprint density at radius 1 is 1.28 bits per heavy atom. The number of anilines is 1. The third-order valence-electron chi connectivity index (χ3n) is 2.81. The lowest BCUT2D eigenvalue weighted by molar-refractivity contribution is -0.110. The molecule has 1 aliphatic heterocycles. The molecule has 1 aromatic heterocycles. The molecule has 90 valence electrons. The first-order chi connectivity index (χ1) is 8.63. The third kappa shape index (κ3) is 1.96. The number of hydrogen-bond acceptors (Lipinski definition) is 2. The number of aryl methyl sites for hydroxylation is 1. The highest BCUT2D eigenvalue weighted by Crippen LogP contribution is 2.35. The quantitative estimate of drug-likeness (QED) is 0.777. The van der Waals surface area contributed by atoms with E-state index >= 15 is 0 Å². The number of carbonyl (C=O) groups excluding carboxylic acids is 1. The minimum absolute atomic E-state index is 0.0710. The highest BCUT2D eigenvalue weighted by atomic mass is 35.5. The maximum Gasteiger partial charge on any atom is 0.256 e. The van der Waals surface area contributed by atoms with Gasteiger partial charge in [0.1, 0.15) is 0 Å². The Labute approximate surface area is 114 Å². The van der Waals surface area contributed by atoms with Crippen molar-refractivity contribution in [1.82, 2.24) is 0 Å². The Morgan fingerprint density at radius 2 is 2.11 bits per heavy atom. The van der Waals surface area contributed by atoms with Crippen LogP contribution in [0.4, 0.5) is 5.69 Å². The maximum absolute atomic E-state index is 11.9. The minimum atomic E-state index is -0.0710. The molecule has 0 bridgehead atoms. The Hall–Kier alpha value is -1.58. The molecular weight excluding hydrogens is 266 g/mol. The SMILES string of the molecule is Cc1ccc(C=C2C(=O)Nc3ccc(Cl)cc32)s1. The van der Waals surface area contributed by atoms with Gasteiger partial charge in [-0.3, -0.25) is 4.79 Å². The smallest absolute Gasteiger partial charge is 0.256 e. The van der Waals surface area contributed by atoms with Gasteiger partial charge in [0.2, 0.25) is 0 Å². The summed E-state index contributed by atoms with van der Waals surface area (Å²) in [5.41, 5.74) is 2.37. The molecule has 0 unspecified atom stereocenters. The number of carbonyl (C=O) groups is 1. The van der Waals surface area contributed by atoms with Gasteiger partial charge in [-0.25, -0.2) is 0 Å². The summed E-state index contributed by atoms with van der Waals surface area (Å²) in [6.45, 7) is 2.05. The van der Waals surface area contributed by atoms with Crippen LogP contribution in [0.3, 0.4) is 0 Å². The van der Waals surface area contributed by atoms with E-state index in [-0.39, 0.29) is 5.91 Å². The molecule has 1 aliphatic rings. The molecule has 0 saturated heterocycles. The van der Waals surface area contributed by atoms with E-state index in [0.29, 0.717) is 10.6 Å². The minimum Gasteiger partial charge on any atom is -0.321 e. The number of halogens is 1. The van der Waals surface area contributed by atoms with E-state index in [4.69, 9.17) is 11.6 Å². The maximum atomic E-state index is 11.9. The van der Waals surface area contributed by atoms with Gasteiger partial charge < -0.3 is 5.32 Å². The zero-order valence-electron chi connectivity index (χ0n) is 9.66. The fraction of sp³-hybridized carbons (Fsp3) is 0.0714. The van der Waals surface area contributed by atoms with Crippen molar-refractivity contribution >= 4 is 46.2 Å². The van der Waals surface area contributed by atoms with Crippen molar-refractivity contribution < 1.29 is 4.79 Å². The number of amides is 1. The normalized spacial score (nSPS) is 15.9.